The SMILES string of the molecule is CCC(C)(F)C(=O)OC(CC(C)(O)C(F)(F)F)C(C)C. The zero-order chi connectivity index (χ0) is 16.4. The van der Waals surface area contributed by atoms with Crippen LogP contribution in [-0.2, 0) is 9.53 Å². The molecule has 0 aromatic heterocycles. The molecule has 0 heterocycles. The quantitative estimate of drug-likeness (QED) is 0.604. The van der Waals surface area contributed by atoms with E-state index in [0.717, 1.165) is 6.92 Å². The first-order chi connectivity index (χ1) is 8.74. The van der Waals surface area contributed by atoms with Gasteiger partial charge in [-0.2, -0.15) is 13.2 Å². The standard InChI is InChI=1S/C13H22F4O3/c1-6-11(4,14)10(18)20-9(8(2)3)7-12(5,19)13(15,16)17/h8-9,19H,6-7H2,1-5H3. The van der Waals surface area contributed by atoms with Gasteiger partial charge in [0.25, 0.3) is 0 Å². The first-order valence-corrected chi connectivity index (χ1v) is 6.43. The molecule has 0 saturated heterocycles. The highest BCUT2D eigenvalue weighted by atomic mass is 19.4. The van der Waals surface area contributed by atoms with Crippen molar-refractivity contribution in [2.24, 2.45) is 5.92 Å². The zero-order valence-corrected chi connectivity index (χ0v) is 12.3. The topological polar surface area (TPSA) is 46.5 Å². The minimum Gasteiger partial charge on any atom is -0.460 e. The van der Waals surface area contributed by atoms with Gasteiger partial charge in [-0.25, -0.2) is 9.18 Å². The minimum atomic E-state index is -4.85. The number of esters is 1. The van der Waals surface area contributed by atoms with Crippen molar-refractivity contribution in [1.29, 1.82) is 0 Å². The Labute approximate surface area is 116 Å². The summed E-state index contributed by atoms with van der Waals surface area (Å²) in [5.74, 6) is -1.70. The maximum Gasteiger partial charge on any atom is 0.417 e. The van der Waals surface area contributed by atoms with Crippen LogP contribution >= 0.6 is 0 Å². The first-order valence-electron chi connectivity index (χ1n) is 6.43. The normalized spacial score (nSPS) is 20.1. The van der Waals surface area contributed by atoms with Crippen molar-refractivity contribution in [1.82, 2.24) is 0 Å². The fourth-order valence-electron chi connectivity index (χ4n) is 1.33. The monoisotopic (exact) mass is 302 g/mol. The molecular formula is C13H22F4O3. The highest BCUT2D eigenvalue weighted by molar-refractivity contribution is 5.78. The summed E-state index contributed by atoms with van der Waals surface area (Å²) in [6.45, 7) is 6.11. The van der Waals surface area contributed by atoms with E-state index in [0.29, 0.717) is 6.92 Å². The summed E-state index contributed by atoms with van der Waals surface area (Å²) in [5, 5.41) is 9.43. The van der Waals surface area contributed by atoms with E-state index in [9.17, 15) is 27.5 Å². The van der Waals surface area contributed by atoms with Crippen LogP contribution in [0.3, 0.4) is 0 Å². The molecule has 0 rings (SSSR count). The summed E-state index contributed by atoms with van der Waals surface area (Å²) in [4.78, 5) is 11.6. The lowest BCUT2D eigenvalue weighted by Gasteiger charge is -2.33. The summed E-state index contributed by atoms with van der Waals surface area (Å²) in [6, 6.07) is 0. The van der Waals surface area contributed by atoms with Crippen molar-refractivity contribution in [3.63, 3.8) is 0 Å². The van der Waals surface area contributed by atoms with Gasteiger partial charge in [0.05, 0.1) is 0 Å². The van der Waals surface area contributed by atoms with Gasteiger partial charge in [-0.05, 0) is 26.2 Å². The fraction of sp³-hybridized carbons (Fsp3) is 0.923. The van der Waals surface area contributed by atoms with Gasteiger partial charge >= 0.3 is 12.1 Å². The molecule has 20 heavy (non-hydrogen) atoms. The van der Waals surface area contributed by atoms with Gasteiger partial charge in [0.15, 0.2) is 5.60 Å². The van der Waals surface area contributed by atoms with Gasteiger partial charge in [0.1, 0.15) is 6.10 Å². The van der Waals surface area contributed by atoms with Crippen molar-refractivity contribution < 1.29 is 32.2 Å². The number of ether oxygens (including phenoxy) is 1. The third-order valence-electron chi connectivity index (χ3n) is 3.30. The maximum atomic E-state index is 13.7. The van der Waals surface area contributed by atoms with Crippen molar-refractivity contribution in [3.05, 3.63) is 0 Å². The smallest absolute Gasteiger partial charge is 0.417 e. The molecule has 0 radical (unpaired) electrons. The second-order valence-electron chi connectivity index (χ2n) is 5.71. The number of hydrogen-bond acceptors (Lipinski definition) is 3. The predicted molar refractivity (Wildman–Crippen MR) is 65.8 cm³/mol. The Kier molecular flexibility index (Phi) is 6.02. The molecule has 1 N–H and O–H groups in total. The molecule has 0 aromatic carbocycles. The second kappa shape index (κ2) is 6.28. The molecule has 120 valence electrons. The lowest BCUT2D eigenvalue weighted by atomic mass is 9.91. The molecule has 0 bridgehead atoms. The van der Waals surface area contributed by atoms with Gasteiger partial charge < -0.3 is 9.84 Å². The Bertz CT molecular complexity index is 335. The van der Waals surface area contributed by atoms with Crippen LogP contribution in [0, 0.1) is 5.92 Å². The van der Waals surface area contributed by atoms with E-state index in [-0.39, 0.29) is 6.42 Å². The van der Waals surface area contributed by atoms with E-state index in [4.69, 9.17) is 4.74 Å². The van der Waals surface area contributed by atoms with Gasteiger partial charge in [0, 0.05) is 6.42 Å². The van der Waals surface area contributed by atoms with Crippen LogP contribution in [0.15, 0.2) is 0 Å². The number of halogens is 4. The van der Waals surface area contributed by atoms with E-state index in [1.165, 1.54) is 20.8 Å². The molecule has 0 aliphatic heterocycles. The molecule has 3 nitrogen and oxygen atoms in total. The highest BCUT2D eigenvalue weighted by Gasteiger charge is 2.52. The number of alkyl halides is 4. The molecule has 0 saturated carbocycles. The number of carbonyl (C=O) groups is 1. The average Bonchev–Trinajstić information content (AvgIpc) is 2.25. The van der Waals surface area contributed by atoms with E-state index in [1.54, 1.807) is 0 Å². The maximum absolute atomic E-state index is 13.7. The van der Waals surface area contributed by atoms with Crippen molar-refractivity contribution in [3.8, 4) is 0 Å². The molecule has 3 unspecified atom stereocenters. The Morgan fingerprint density at radius 2 is 1.65 bits per heavy atom. The van der Waals surface area contributed by atoms with E-state index in [1.807, 2.05) is 0 Å². The van der Waals surface area contributed by atoms with Crippen LogP contribution in [0.2, 0.25) is 0 Å². The molecule has 0 amide bonds. The van der Waals surface area contributed by atoms with Crippen molar-refractivity contribution in [2.75, 3.05) is 0 Å². The van der Waals surface area contributed by atoms with Crippen LogP contribution in [0.25, 0.3) is 0 Å². The first kappa shape index (κ1) is 19.1. The van der Waals surface area contributed by atoms with Gasteiger partial charge in [-0.3, -0.25) is 0 Å². The van der Waals surface area contributed by atoms with Crippen LogP contribution < -0.4 is 0 Å². The largest absolute Gasteiger partial charge is 0.460 e. The molecule has 0 aliphatic carbocycles. The summed E-state index contributed by atoms with van der Waals surface area (Å²) >= 11 is 0. The Hall–Kier alpha value is -0.850. The third-order valence-corrected chi connectivity index (χ3v) is 3.30. The van der Waals surface area contributed by atoms with E-state index in [2.05, 4.69) is 0 Å². The molecule has 7 heteroatoms. The van der Waals surface area contributed by atoms with Crippen LogP contribution in [0.5, 0.6) is 0 Å². The molecule has 3 atom stereocenters. The van der Waals surface area contributed by atoms with Gasteiger partial charge in [0.2, 0.25) is 5.67 Å². The Morgan fingerprint density at radius 3 is 1.95 bits per heavy atom. The Morgan fingerprint density at radius 1 is 1.20 bits per heavy atom. The fourth-order valence-corrected chi connectivity index (χ4v) is 1.33. The molecule has 0 fully saturated rings. The predicted octanol–water partition coefficient (Wildman–Crippen LogP) is 3.40. The minimum absolute atomic E-state index is 0.147. The van der Waals surface area contributed by atoms with Crippen molar-refractivity contribution >= 4 is 5.97 Å². The van der Waals surface area contributed by atoms with Gasteiger partial charge in [-0.15, -0.1) is 0 Å². The molecule has 0 aromatic rings. The summed E-state index contributed by atoms with van der Waals surface area (Å²) < 4.78 is 56.5. The molecule has 0 spiro atoms. The lowest BCUT2D eigenvalue weighted by molar-refractivity contribution is -0.263. The number of rotatable bonds is 6. The molecule has 0 aliphatic rings. The zero-order valence-electron chi connectivity index (χ0n) is 12.3. The lowest BCUT2D eigenvalue weighted by Crippen LogP contribution is -2.47. The number of carbonyl (C=O) groups excluding carboxylic acids is 1. The average molecular weight is 302 g/mol. The summed E-state index contributed by atoms with van der Waals surface area (Å²) in [6.07, 6.45) is -7.05. The van der Waals surface area contributed by atoms with E-state index >= 15 is 0 Å². The van der Waals surface area contributed by atoms with Crippen molar-refractivity contribution in [2.45, 2.75) is 71.0 Å². The van der Waals surface area contributed by atoms with Crippen LogP contribution in [-0.4, -0.2) is 34.6 Å². The third kappa shape index (κ3) is 4.92. The summed E-state index contributed by atoms with van der Waals surface area (Å²) in [5.41, 5.74) is -5.25. The van der Waals surface area contributed by atoms with Crippen LogP contribution in [0.4, 0.5) is 17.6 Å². The van der Waals surface area contributed by atoms with Crippen LogP contribution in [0.1, 0.15) is 47.5 Å². The highest BCUT2D eigenvalue weighted by Crippen LogP contribution is 2.36. The molecular weight excluding hydrogens is 280 g/mol. The number of aliphatic hydroxyl groups is 1. The van der Waals surface area contributed by atoms with E-state index < -0.39 is 41.9 Å². The second-order valence-corrected chi connectivity index (χ2v) is 5.71. The van der Waals surface area contributed by atoms with Gasteiger partial charge in [-0.1, -0.05) is 20.8 Å². The number of hydrogen-bond donors (Lipinski definition) is 1. The summed E-state index contributed by atoms with van der Waals surface area (Å²) in [7, 11) is 0. The Balaban J connectivity index is 4.99.